The van der Waals surface area contributed by atoms with Crippen molar-refractivity contribution in [3.05, 3.63) is 70.8 Å². The van der Waals surface area contributed by atoms with E-state index in [-0.39, 0.29) is 23.5 Å². The zero-order chi connectivity index (χ0) is 20.4. The third kappa shape index (κ3) is 4.71. The number of ether oxygens (including phenoxy) is 1. The first-order valence-electron chi connectivity index (χ1n) is 10.8. The molecule has 0 bridgehead atoms. The van der Waals surface area contributed by atoms with Gasteiger partial charge in [0.05, 0.1) is 17.6 Å². The van der Waals surface area contributed by atoms with Crippen molar-refractivity contribution in [3.63, 3.8) is 0 Å². The van der Waals surface area contributed by atoms with Gasteiger partial charge in [0.25, 0.3) is 0 Å². The molecule has 154 valence electrons. The van der Waals surface area contributed by atoms with Crippen LogP contribution in [0.2, 0.25) is 0 Å². The van der Waals surface area contributed by atoms with Crippen molar-refractivity contribution in [3.8, 4) is 0 Å². The Morgan fingerprint density at radius 1 is 1.07 bits per heavy atom. The second kappa shape index (κ2) is 8.29. The maximum Gasteiger partial charge on any atom is 0.230 e. The molecule has 4 heteroatoms. The fourth-order valence-corrected chi connectivity index (χ4v) is 4.50. The first-order chi connectivity index (χ1) is 13.9. The van der Waals surface area contributed by atoms with Gasteiger partial charge in [-0.05, 0) is 50.3 Å². The Morgan fingerprint density at radius 3 is 2.34 bits per heavy atom. The van der Waals surface area contributed by atoms with Gasteiger partial charge in [0.15, 0.2) is 0 Å². The Bertz CT molecular complexity index is 847. The number of morpholine rings is 1. The highest BCUT2D eigenvalue weighted by molar-refractivity contribution is 5.91. The number of amides is 1. The summed E-state index contributed by atoms with van der Waals surface area (Å²) in [6.45, 7) is 9.83. The molecule has 2 unspecified atom stereocenters. The molecule has 29 heavy (non-hydrogen) atoms. The third-order valence-corrected chi connectivity index (χ3v) is 6.13. The molecule has 2 fully saturated rings. The van der Waals surface area contributed by atoms with Gasteiger partial charge in [-0.1, -0.05) is 54.1 Å². The molecule has 1 N–H and O–H groups in total. The van der Waals surface area contributed by atoms with E-state index < -0.39 is 0 Å². The van der Waals surface area contributed by atoms with E-state index in [9.17, 15) is 4.79 Å². The van der Waals surface area contributed by atoms with Gasteiger partial charge in [-0.3, -0.25) is 9.69 Å². The van der Waals surface area contributed by atoms with Crippen molar-refractivity contribution in [2.75, 3.05) is 13.1 Å². The highest BCUT2D eigenvalue weighted by atomic mass is 16.5. The summed E-state index contributed by atoms with van der Waals surface area (Å²) in [5.41, 5.74) is 4.50. The Balaban J connectivity index is 1.32. The van der Waals surface area contributed by atoms with Gasteiger partial charge in [-0.25, -0.2) is 0 Å². The summed E-state index contributed by atoms with van der Waals surface area (Å²) in [6, 6.07) is 17.0. The fraction of sp³-hybridized carbons (Fsp3) is 0.480. The molecule has 1 saturated carbocycles. The quantitative estimate of drug-likeness (QED) is 0.809. The van der Waals surface area contributed by atoms with E-state index in [0.717, 1.165) is 43.6 Å². The summed E-state index contributed by atoms with van der Waals surface area (Å²) in [4.78, 5) is 15.3. The first kappa shape index (κ1) is 20.1. The van der Waals surface area contributed by atoms with Crippen molar-refractivity contribution >= 4 is 5.91 Å². The lowest BCUT2D eigenvalue weighted by molar-refractivity contribution is -0.123. The molecular weight excluding hydrogens is 360 g/mol. The molecule has 1 amide bonds. The van der Waals surface area contributed by atoms with Crippen molar-refractivity contribution < 1.29 is 9.53 Å². The van der Waals surface area contributed by atoms with Crippen LogP contribution < -0.4 is 5.32 Å². The van der Waals surface area contributed by atoms with Gasteiger partial charge in [-0.2, -0.15) is 0 Å². The minimum absolute atomic E-state index is 0.156. The summed E-state index contributed by atoms with van der Waals surface area (Å²) in [5.74, 6) is 0.156. The number of nitrogens with one attached hydrogen (secondary N) is 1. The van der Waals surface area contributed by atoms with Crippen molar-refractivity contribution in [2.24, 2.45) is 0 Å². The van der Waals surface area contributed by atoms with Crippen LogP contribution in [0.1, 0.15) is 48.9 Å². The van der Waals surface area contributed by atoms with E-state index >= 15 is 0 Å². The number of carbonyl (C=O) groups is 1. The lowest BCUT2D eigenvalue weighted by Gasteiger charge is -2.35. The van der Waals surface area contributed by atoms with Crippen LogP contribution in [0, 0.1) is 6.92 Å². The highest BCUT2D eigenvalue weighted by Crippen LogP contribution is 2.48. The first-order valence-corrected chi connectivity index (χ1v) is 10.8. The lowest BCUT2D eigenvalue weighted by atomic mass is 9.93. The Morgan fingerprint density at radius 2 is 1.72 bits per heavy atom. The molecule has 0 spiro atoms. The molecule has 1 saturated heterocycles. The van der Waals surface area contributed by atoms with Gasteiger partial charge in [0.1, 0.15) is 0 Å². The van der Waals surface area contributed by atoms with Gasteiger partial charge in [0, 0.05) is 26.2 Å². The third-order valence-electron chi connectivity index (χ3n) is 6.13. The summed E-state index contributed by atoms with van der Waals surface area (Å²) in [7, 11) is 0. The van der Waals surface area contributed by atoms with E-state index in [1.807, 2.05) is 6.07 Å². The second-order valence-electron chi connectivity index (χ2n) is 8.90. The number of hydrogen-bond acceptors (Lipinski definition) is 3. The summed E-state index contributed by atoms with van der Waals surface area (Å²) in [5, 5.41) is 3.17. The van der Waals surface area contributed by atoms with Gasteiger partial charge in [-0.15, -0.1) is 0 Å². The Kier molecular flexibility index (Phi) is 5.75. The number of nitrogens with zero attached hydrogens (tertiary/aromatic N) is 1. The molecule has 2 atom stereocenters. The van der Waals surface area contributed by atoms with Crippen LogP contribution in [-0.4, -0.2) is 36.1 Å². The van der Waals surface area contributed by atoms with E-state index in [0.29, 0.717) is 6.54 Å². The minimum atomic E-state index is -0.310. The zero-order valence-electron chi connectivity index (χ0n) is 17.8. The standard InChI is InChI=1S/C25H32N2O2/c1-18-5-4-6-23(13-18)25(11-12-25)24(28)26-14-21-7-9-22(10-8-21)17-27-15-19(2)29-20(3)16-27/h4-10,13,19-20H,11-12,14-17H2,1-3H3,(H,26,28). The number of carbonyl (C=O) groups excluding carboxylic acids is 1. The maximum absolute atomic E-state index is 12.9. The smallest absolute Gasteiger partial charge is 0.230 e. The van der Waals surface area contributed by atoms with Crippen molar-refractivity contribution in [1.29, 1.82) is 0 Å². The topological polar surface area (TPSA) is 41.6 Å². The molecule has 0 aromatic heterocycles. The van der Waals surface area contributed by atoms with Gasteiger partial charge >= 0.3 is 0 Å². The summed E-state index contributed by atoms with van der Waals surface area (Å²) in [6.07, 6.45) is 2.46. The number of hydrogen-bond donors (Lipinski definition) is 1. The molecule has 4 rings (SSSR count). The minimum Gasteiger partial charge on any atom is -0.373 e. The van der Waals surface area contributed by atoms with E-state index in [4.69, 9.17) is 4.74 Å². The van der Waals surface area contributed by atoms with Crippen LogP contribution in [0.25, 0.3) is 0 Å². The molecule has 4 nitrogen and oxygen atoms in total. The Hall–Kier alpha value is -2.17. The molecule has 2 aromatic rings. The van der Waals surface area contributed by atoms with E-state index in [1.54, 1.807) is 0 Å². The molecule has 1 heterocycles. The molecule has 0 radical (unpaired) electrons. The van der Waals surface area contributed by atoms with Crippen LogP contribution in [0.5, 0.6) is 0 Å². The van der Waals surface area contributed by atoms with Crippen LogP contribution in [-0.2, 0) is 28.0 Å². The van der Waals surface area contributed by atoms with Gasteiger partial charge < -0.3 is 10.1 Å². The zero-order valence-corrected chi connectivity index (χ0v) is 17.8. The van der Waals surface area contributed by atoms with Crippen molar-refractivity contribution in [2.45, 2.75) is 64.3 Å². The molecule has 1 aliphatic heterocycles. The monoisotopic (exact) mass is 392 g/mol. The van der Waals surface area contributed by atoms with Crippen molar-refractivity contribution in [1.82, 2.24) is 10.2 Å². The largest absolute Gasteiger partial charge is 0.373 e. The van der Waals surface area contributed by atoms with Crippen LogP contribution in [0.15, 0.2) is 48.5 Å². The molecule has 2 aromatic carbocycles. The molecular formula is C25H32N2O2. The number of rotatable bonds is 6. The van der Waals surface area contributed by atoms with E-state index in [1.165, 1.54) is 11.1 Å². The van der Waals surface area contributed by atoms with Crippen LogP contribution in [0.3, 0.4) is 0 Å². The predicted molar refractivity (Wildman–Crippen MR) is 116 cm³/mol. The average Bonchev–Trinajstić information content (AvgIpc) is 3.48. The highest BCUT2D eigenvalue weighted by Gasteiger charge is 2.51. The lowest BCUT2D eigenvalue weighted by Crippen LogP contribution is -2.44. The summed E-state index contributed by atoms with van der Waals surface area (Å²) >= 11 is 0. The SMILES string of the molecule is Cc1cccc(C2(C(=O)NCc3ccc(CN4CC(C)OC(C)C4)cc3)CC2)c1. The average molecular weight is 393 g/mol. The maximum atomic E-state index is 12.9. The number of benzene rings is 2. The van der Waals surface area contributed by atoms with Crippen LogP contribution in [0.4, 0.5) is 0 Å². The normalized spacial score (nSPS) is 23.6. The van der Waals surface area contributed by atoms with Gasteiger partial charge in [0.2, 0.25) is 5.91 Å². The predicted octanol–water partition coefficient (Wildman–Crippen LogP) is 3.95. The Labute approximate surface area is 174 Å². The van der Waals surface area contributed by atoms with E-state index in [2.05, 4.69) is 73.5 Å². The fourth-order valence-electron chi connectivity index (χ4n) is 4.50. The molecule has 1 aliphatic carbocycles. The second-order valence-corrected chi connectivity index (χ2v) is 8.90. The molecule has 2 aliphatic rings. The summed E-state index contributed by atoms with van der Waals surface area (Å²) < 4.78 is 5.82. The van der Waals surface area contributed by atoms with Crippen LogP contribution >= 0.6 is 0 Å². The number of aryl methyl sites for hydroxylation is 1.